The molecule has 1 atom stereocenters. The molecule has 1 aromatic carbocycles. The van der Waals surface area contributed by atoms with Crippen LogP contribution in [0.3, 0.4) is 0 Å². The highest BCUT2D eigenvalue weighted by Crippen LogP contribution is 2.15. The zero-order chi connectivity index (χ0) is 9.97. The molecule has 0 radical (unpaired) electrons. The Hall–Kier alpha value is -1.15. The van der Waals surface area contributed by atoms with Crippen molar-refractivity contribution in [3.8, 4) is 0 Å². The highest BCUT2D eigenvalue weighted by atomic mass is 16.1. The molecule has 1 unspecified atom stereocenters. The minimum atomic E-state index is 0.109. The van der Waals surface area contributed by atoms with Crippen LogP contribution in [0.4, 0.5) is 0 Å². The Kier molecular flexibility index (Phi) is 2.64. The van der Waals surface area contributed by atoms with E-state index in [0.717, 1.165) is 13.0 Å². The van der Waals surface area contributed by atoms with E-state index in [-0.39, 0.29) is 6.04 Å². The SMILES string of the molecule is CN1CCC(=O)C1Cc1ccccc1. The van der Waals surface area contributed by atoms with E-state index in [4.69, 9.17) is 0 Å². The van der Waals surface area contributed by atoms with E-state index in [0.29, 0.717) is 12.2 Å². The standard InChI is InChI=1S/C12H15NO/c1-13-8-7-12(14)11(13)9-10-5-3-2-4-6-10/h2-6,11H,7-9H2,1H3. The van der Waals surface area contributed by atoms with E-state index in [1.165, 1.54) is 5.56 Å². The fourth-order valence-electron chi connectivity index (χ4n) is 1.96. The number of hydrogen-bond donors (Lipinski definition) is 0. The summed E-state index contributed by atoms with van der Waals surface area (Å²) in [6.45, 7) is 0.913. The summed E-state index contributed by atoms with van der Waals surface area (Å²) in [5, 5.41) is 0. The van der Waals surface area contributed by atoms with Crippen LogP contribution < -0.4 is 0 Å². The lowest BCUT2D eigenvalue weighted by molar-refractivity contribution is -0.119. The molecule has 0 aromatic heterocycles. The Labute approximate surface area is 84.5 Å². The van der Waals surface area contributed by atoms with Crippen LogP contribution in [0.15, 0.2) is 30.3 Å². The molecule has 1 aliphatic rings. The van der Waals surface area contributed by atoms with Gasteiger partial charge in [-0.2, -0.15) is 0 Å². The normalized spacial score (nSPS) is 22.9. The van der Waals surface area contributed by atoms with Crippen LogP contribution in [0.1, 0.15) is 12.0 Å². The van der Waals surface area contributed by atoms with E-state index in [2.05, 4.69) is 17.0 Å². The third-order valence-electron chi connectivity index (χ3n) is 2.89. The van der Waals surface area contributed by atoms with Crippen LogP contribution in [0.5, 0.6) is 0 Å². The highest BCUT2D eigenvalue weighted by Gasteiger charge is 2.29. The largest absolute Gasteiger partial charge is 0.298 e. The van der Waals surface area contributed by atoms with Crippen LogP contribution in [0.25, 0.3) is 0 Å². The Bertz CT molecular complexity index is 320. The van der Waals surface area contributed by atoms with Gasteiger partial charge in [0.2, 0.25) is 0 Å². The first-order valence-electron chi connectivity index (χ1n) is 5.04. The van der Waals surface area contributed by atoms with Gasteiger partial charge in [-0.25, -0.2) is 0 Å². The molecule has 74 valence electrons. The Morgan fingerprint density at radius 2 is 2.07 bits per heavy atom. The summed E-state index contributed by atoms with van der Waals surface area (Å²) in [5.74, 6) is 0.386. The average molecular weight is 189 g/mol. The smallest absolute Gasteiger partial charge is 0.151 e. The van der Waals surface area contributed by atoms with Crippen LogP contribution in [0, 0.1) is 0 Å². The summed E-state index contributed by atoms with van der Waals surface area (Å²) in [6.07, 6.45) is 1.57. The van der Waals surface area contributed by atoms with Gasteiger partial charge in [0, 0.05) is 13.0 Å². The van der Waals surface area contributed by atoms with Crippen molar-refractivity contribution in [1.29, 1.82) is 0 Å². The van der Waals surface area contributed by atoms with Crippen molar-refractivity contribution in [2.75, 3.05) is 13.6 Å². The predicted molar refractivity (Wildman–Crippen MR) is 56.2 cm³/mol. The van der Waals surface area contributed by atoms with Gasteiger partial charge in [-0.05, 0) is 19.0 Å². The number of benzene rings is 1. The first-order chi connectivity index (χ1) is 6.77. The van der Waals surface area contributed by atoms with E-state index in [1.807, 2.05) is 25.2 Å². The molecule has 0 N–H and O–H groups in total. The Balaban J connectivity index is 2.07. The summed E-state index contributed by atoms with van der Waals surface area (Å²) in [7, 11) is 2.03. The molecule has 1 fully saturated rings. The van der Waals surface area contributed by atoms with E-state index in [9.17, 15) is 4.79 Å². The number of rotatable bonds is 2. The number of nitrogens with zero attached hydrogens (tertiary/aromatic N) is 1. The molecule has 0 amide bonds. The maximum absolute atomic E-state index is 11.5. The maximum Gasteiger partial charge on any atom is 0.151 e. The quantitative estimate of drug-likeness (QED) is 0.702. The van der Waals surface area contributed by atoms with E-state index >= 15 is 0 Å². The zero-order valence-electron chi connectivity index (χ0n) is 8.44. The second-order valence-electron chi connectivity index (χ2n) is 3.90. The van der Waals surface area contributed by atoms with E-state index in [1.54, 1.807) is 0 Å². The van der Waals surface area contributed by atoms with Crippen LogP contribution >= 0.6 is 0 Å². The first kappa shape index (κ1) is 9.41. The van der Waals surface area contributed by atoms with Gasteiger partial charge in [0.25, 0.3) is 0 Å². The molecule has 1 aromatic rings. The lowest BCUT2D eigenvalue weighted by atomic mass is 10.0. The van der Waals surface area contributed by atoms with Gasteiger partial charge in [-0.3, -0.25) is 9.69 Å². The van der Waals surface area contributed by atoms with Crippen LogP contribution in [-0.4, -0.2) is 30.3 Å². The first-order valence-corrected chi connectivity index (χ1v) is 5.04. The summed E-state index contributed by atoms with van der Waals surface area (Å²) < 4.78 is 0. The molecule has 1 saturated heterocycles. The number of likely N-dealkylation sites (tertiary alicyclic amines) is 1. The zero-order valence-corrected chi connectivity index (χ0v) is 8.44. The number of hydrogen-bond acceptors (Lipinski definition) is 2. The molecule has 1 heterocycles. The van der Waals surface area contributed by atoms with Gasteiger partial charge in [0.1, 0.15) is 0 Å². The fourth-order valence-corrected chi connectivity index (χ4v) is 1.96. The second-order valence-corrected chi connectivity index (χ2v) is 3.90. The summed E-state index contributed by atoms with van der Waals surface area (Å²) in [6, 6.07) is 10.3. The highest BCUT2D eigenvalue weighted by molar-refractivity contribution is 5.86. The van der Waals surface area contributed by atoms with Crippen molar-refractivity contribution in [1.82, 2.24) is 4.90 Å². The number of carbonyl (C=O) groups excluding carboxylic acids is 1. The minimum Gasteiger partial charge on any atom is -0.298 e. The number of carbonyl (C=O) groups is 1. The molecule has 0 aliphatic carbocycles. The maximum atomic E-state index is 11.5. The molecule has 0 spiro atoms. The Morgan fingerprint density at radius 3 is 2.64 bits per heavy atom. The molecule has 1 aliphatic heterocycles. The van der Waals surface area contributed by atoms with Gasteiger partial charge >= 0.3 is 0 Å². The molecule has 2 nitrogen and oxygen atoms in total. The van der Waals surface area contributed by atoms with Crippen molar-refractivity contribution < 1.29 is 4.79 Å². The van der Waals surface area contributed by atoms with Crippen molar-refractivity contribution >= 4 is 5.78 Å². The molecular weight excluding hydrogens is 174 g/mol. The molecule has 0 saturated carbocycles. The van der Waals surface area contributed by atoms with Crippen molar-refractivity contribution in [3.63, 3.8) is 0 Å². The summed E-state index contributed by atoms with van der Waals surface area (Å²) >= 11 is 0. The molecule has 0 bridgehead atoms. The van der Waals surface area contributed by atoms with Crippen LogP contribution in [0.2, 0.25) is 0 Å². The van der Waals surface area contributed by atoms with Crippen molar-refractivity contribution in [2.24, 2.45) is 0 Å². The number of Topliss-reactive ketones (excluding diaryl/α,β-unsaturated/α-hetero) is 1. The monoisotopic (exact) mass is 189 g/mol. The van der Waals surface area contributed by atoms with Crippen LogP contribution in [-0.2, 0) is 11.2 Å². The fraction of sp³-hybridized carbons (Fsp3) is 0.417. The average Bonchev–Trinajstić information content (AvgIpc) is 2.51. The van der Waals surface area contributed by atoms with Crippen molar-refractivity contribution in [2.45, 2.75) is 18.9 Å². The minimum absolute atomic E-state index is 0.109. The summed E-state index contributed by atoms with van der Waals surface area (Å²) in [4.78, 5) is 13.7. The Morgan fingerprint density at radius 1 is 1.36 bits per heavy atom. The molecule has 2 heteroatoms. The third-order valence-corrected chi connectivity index (χ3v) is 2.89. The lowest BCUT2D eigenvalue weighted by Gasteiger charge is -2.17. The third kappa shape index (κ3) is 1.85. The molecule has 14 heavy (non-hydrogen) atoms. The number of ketones is 1. The van der Waals surface area contributed by atoms with Gasteiger partial charge in [-0.15, -0.1) is 0 Å². The predicted octanol–water partition coefficient (Wildman–Crippen LogP) is 1.50. The lowest BCUT2D eigenvalue weighted by Crippen LogP contribution is -2.31. The van der Waals surface area contributed by atoms with Gasteiger partial charge in [0.05, 0.1) is 6.04 Å². The van der Waals surface area contributed by atoms with Gasteiger partial charge in [0.15, 0.2) is 5.78 Å². The van der Waals surface area contributed by atoms with Crippen molar-refractivity contribution in [3.05, 3.63) is 35.9 Å². The molecular formula is C12H15NO. The van der Waals surface area contributed by atoms with Gasteiger partial charge in [-0.1, -0.05) is 30.3 Å². The summed E-state index contributed by atoms with van der Waals surface area (Å²) in [5.41, 5.74) is 1.25. The molecule has 2 rings (SSSR count). The second kappa shape index (κ2) is 3.93. The van der Waals surface area contributed by atoms with Gasteiger partial charge < -0.3 is 0 Å². The number of likely N-dealkylation sites (N-methyl/N-ethyl adjacent to an activating group) is 1. The van der Waals surface area contributed by atoms with E-state index < -0.39 is 0 Å². The topological polar surface area (TPSA) is 20.3 Å².